The molecule has 2 N–H and O–H groups in total. The Labute approximate surface area is 161 Å². The van der Waals surface area contributed by atoms with E-state index in [2.05, 4.69) is 79.9 Å². The maximum atomic E-state index is 4.00. The molecule has 0 spiro atoms. The van der Waals surface area contributed by atoms with Gasteiger partial charge in [-0.25, -0.2) is 0 Å². The van der Waals surface area contributed by atoms with Gasteiger partial charge in [0.15, 0.2) is 0 Å². The number of aromatic nitrogens is 2. The van der Waals surface area contributed by atoms with Crippen LogP contribution < -0.4 is 10.2 Å². The van der Waals surface area contributed by atoms with Crippen LogP contribution in [0.2, 0.25) is 0 Å². The molecule has 4 rings (SSSR count). The highest BCUT2D eigenvalue weighted by Crippen LogP contribution is 2.18. The minimum absolute atomic E-state index is 0.810. The number of rotatable bonds is 7. The molecule has 3 aromatic rings. The van der Waals surface area contributed by atoms with Crippen LogP contribution in [0.1, 0.15) is 16.8 Å². The lowest BCUT2D eigenvalue weighted by Crippen LogP contribution is -2.46. The monoisotopic (exact) mass is 361 g/mol. The number of para-hydroxylation sites is 1. The van der Waals surface area contributed by atoms with Crippen LogP contribution >= 0.6 is 0 Å². The summed E-state index contributed by atoms with van der Waals surface area (Å²) in [6, 6.07) is 21.5. The zero-order valence-electron chi connectivity index (χ0n) is 15.6. The summed E-state index contributed by atoms with van der Waals surface area (Å²) in [5.74, 6) is 0. The van der Waals surface area contributed by atoms with Gasteiger partial charge in [-0.1, -0.05) is 42.5 Å². The van der Waals surface area contributed by atoms with Gasteiger partial charge in [0.2, 0.25) is 0 Å². The number of anilines is 1. The van der Waals surface area contributed by atoms with Crippen LogP contribution in [0.4, 0.5) is 5.69 Å². The molecule has 0 radical (unpaired) electrons. The smallest absolute Gasteiger partial charge is 0.0490 e. The van der Waals surface area contributed by atoms with E-state index in [4.69, 9.17) is 0 Å². The van der Waals surface area contributed by atoms with E-state index in [9.17, 15) is 0 Å². The molecule has 0 bridgehead atoms. The van der Waals surface area contributed by atoms with E-state index in [1.807, 2.05) is 6.07 Å². The van der Waals surface area contributed by atoms with Crippen molar-refractivity contribution in [1.29, 1.82) is 0 Å². The van der Waals surface area contributed by atoms with E-state index in [0.29, 0.717) is 0 Å². The second-order valence-corrected chi connectivity index (χ2v) is 7.05. The second kappa shape index (κ2) is 8.84. The molecule has 1 aromatic heterocycles. The standard InChI is InChI=1S/C22H27N5/c1-2-8-22(9-3-1)27-14-12-26(13-15-27)18-20-7-5-4-6-19(20)16-23-17-21-10-11-24-25-21/h1-11,23H,12-18H2,(H,24,25). The summed E-state index contributed by atoms with van der Waals surface area (Å²) in [6.45, 7) is 7.08. The lowest BCUT2D eigenvalue weighted by molar-refractivity contribution is 0.249. The molecule has 27 heavy (non-hydrogen) atoms. The molecule has 140 valence electrons. The van der Waals surface area contributed by atoms with Gasteiger partial charge in [0.25, 0.3) is 0 Å². The number of aromatic amines is 1. The van der Waals surface area contributed by atoms with Gasteiger partial charge >= 0.3 is 0 Å². The van der Waals surface area contributed by atoms with E-state index >= 15 is 0 Å². The molecule has 1 aliphatic heterocycles. The van der Waals surface area contributed by atoms with E-state index in [1.54, 1.807) is 6.20 Å². The molecule has 0 atom stereocenters. The van der Waals surface area contributed by atoms with E-state index in [0.717, 1.165) is 51.5 Å². The number of nitrogens with zero attached hydrogens (tertiary/aromatic N) is 3. The maximum absolute atomic E-state index is 4.00. The highest BCUT2D eigenvalue weighted by Gasteiger charge is 2.18. The van der Waals surface area contributed by atoms with Gasteiger partial charge in [0, 0.05) is 63.4 Å². The average molecular weight is 361 g/mol. The lowest BCUT2D eigenvalue weighted by Gasteiger charge is -2.36. The van der Waals surface area contributed by atoms with Crippen LogP contribution in [-0.2, 0) is 19.6 Å². The largest absolute Gasteiger partial charge is 0.369 e. The van der Waals surface area contributed by atoms with Crippen molar-refractivity contribution in [2.24, 2.45) is 0 Å². The molecule has 1 saturated heterocycles. The minimum Gasteiger partial charge on any atom is -0.369 e. The number of piperazine rings is 1. The Morgan fingerprint density at radius 2 is 1.56 bits per heavy atom. The van der Waals surface area contributed by atoms with Gasteiger partial charge < -0.3 is 10.2 Å². The molecule has 1 aliphatic rings. The van der Waals surface area contributed by atoms with E-state index in [-0.39, 0.29) is 0 Å². The normalized spacial score (nSPS) is 15.2. The molecule has 1 fully saturated rings. The molecular weight excluding hydrogens is 334 g/mol. The number of nitrogens with one attached hydrogen (secondary N) is 2. The first-order valence-electron chi connectivity index (χ1n) is 9.66. The molecule has 0 saturated carbocycles. The van der Waals surface area contributed by atoms with Crippen molar-refractivity contribution in [2.75, 3.05) is 31.1 Å². The van der Waals surface area contributed by atoms with E-state index in [1.165, 1.54) is 16.8 Å². The highest BCUT2D eigenvalue weighted by molar-refractivity contribution is 5.46. The van der Waals surface area contributed by atoms with Crippen LogP contribution in [0.15, 0.2) is 66.9 Å². The van der Waals surface area contributed by atoms with Crippen LogP contribution in [-0.4, -0.2) is 41.3 Å². The van der Waals surface area contributed by atoms with Crippen molar-refractivity contribution < 1.29 is 0 Å². The topological polar surface area (TPSA) is 47.2 Å². The predicted octanol–water partition coefficient (Wildman–Crippen LogP) is 3.02. The molecule has 5 heteroatoms. The Kier molecular flexibility index (Phi) is 5.82. The molecule has 2 aromatic carbocycles. The third-order valence-electron chi connectivity index (χ3n) is 5.20. The van der Waals surface area contributed by atoms with Gasteiger partial charge in [-0.05, 0) is 29.3 Å². The lowest BCUT2D eigenvalue weighted by atomic mass is 10.1. The van der Waals surface area contributed by atoms with Crippen molar-refractivity contribution in [3.63, 3.8) is 0 Å². The summed E-state index contributed by atoms with van der Waals surface area (Å²) in [6.07, 6.45) is 1.79. The Balaban J connectivity index is 1.31. The molecular formula is C22H27N5. The van der Waals surface area contributed by atoms with Crippen LogP contribution in [0, 0.1) is 0 Å². The number of hydrogen-bond acceptors (Lipinski definition) is 4. The first kappa shape index (κ1) is 17.8. The predicted molar refractivity (Wildman–Crippen MR) is 110 cm³/mol. The molecule has 5 nitrogen and oxygen atoms in total. The molecule has 0 unspecified atom stereocenters. The third kappa shape index (κ3) is 4.76. The van der Waals surface area contributed by atoms with Crippen LogP contribution in [0.25, 0.3) is 0 Å². The Morgan fingerprint density at radius 3 is 2.30 bits per heavy atom. The molecule has 2 heterocycles. The van der Waals surface area contributed by atoms with Crippen molar-refractivity contribution in [1.82, 2.24) is 20.4 Å². The second-order valence-electron chi connectivity index (χ2n) is 7.05. The van der Waals surface area contributed by atoms with Gasteiger partial charge in [-0.15, -0.1) is 0 Å². The summed E-state index contributed by atoms with van der Waals surface area (Å²) >= 11 is 0. The molecule has 0 aliphatic carbocycles. The fourth-order valence-electron chi connectivity index (χ4n) is 3.64. The first-order chi connectivity index (χ1) is 13.4. The van der Waals surface area contributed by atoms with Crippen LogP contribution in [0.3, 0.4) is 0 Å². The fourth-order valence-corrected chi connectivity index (χ4v) is 3.64. The van der Waals surface area contributed by atoms with Crippen molar-refractivity contribution in [3.8, 4) is 0 Å². The SMILES string of the molecule is c1ccc(N2CCN(Cc3ccccc3CNCc3ccn[nH]3)CC2)cc1. The van der Waals surface area contributed by atoms with Crippen molar-refractivity contribution in [3.05, 3.63) is 83.7 Å². The Hall–Kier alpha value is -2.63. The summed E-state index contributed by atoms with van der Waals surface area (Å²) in [5, 5.41) is 10.5. The fraction of sp³-hybridized carbons (Fsp3) is 0.318. The van der Waals surface area contributed by atoms with Crippen LogP contribution in [0.5, 0.6) is 0 Å². The number of hydrogen-bond donors (Lipinski definition) is 2. The van der Waals surface area contributed by atoms with Gasteiger partial charge in [-0.2, -0.15) is 5.10 Å². The maximum Gasteiger partial charge on any atom is 0.0490 e. The summed E-state index contributed by atoms with van der Waals surface area (Å²) in [5.41, 5.74) is 5.25. The zero-order chi connectivity index (χ0) is 18.3. The quantitative estimate of drug-likeness (QED) is 0.679. The van der Waals surface area contributed by atoms with Gasteiger partial charge in [-0.3, -0.25) is 10.00 Å². The third-order valence-corrected chi connectivity index (χ3v) is 5.20. The number of benzene rings is 2. The first-order valence-corrected chi connectivity index (χ1v) is 9.66. The highest BCUT2D eigenvalue weighted by atomic mass is 15.3. The average Bonchev–Trinajstić information content (AvgIpc) is 3.24. The molecule has 0 amide bonds. The summed E-state index contributed by atoms with van der Waals surface area (Å²) < 4.78 is 0. The summed E-state index contributed by atoms with van der Waals surface area (Å²) in [7, 11) is 0. The minimum atomic E-state index is 0.810. The van der Waals surface area contributed by atoms with Gasteiger partial charge in [0.1, 0.15) is 0 Å². The Morgan fingerprint density at radius 1 is 0.815 bits per heavy atom. The van der Waals surface area contributed by atoms with Crippen molar-refractivity contribution in [2.45, 2.75) is 19.6 Å². The Bertz CT molecular complexity index is 808. The summed E-state index contributed by atoms with van der Waals surface area (Å²) in [4.78, 5) is 5.04. The number of H-pyrrole nitrogens is 1. The van der Waals surface area contributed by atoms with Crippen molar-refractivity contribution >= 4 is 5.69 Å². The zero-order valence-corrected chi connectivity index (χ0v) is 15.6. The van der Waals surface area contributed by atoms with E-state index < -0.39 is 0 Å². The van der Waals surface area contributed by atoms with Gasteiger partial charge in [0.05, 0.1) is 0 Å².